The molecule has 140 valence electrons. The summed E-state index contributed by atoms with van der Waals surface area (Å²) in [5.74, 6) is -0.529. The van der Waals surface area contributed by atoms with Gasteiger partial charge >= 0.3 is 12.6 Å². The Bertz CT molecular complexity index is 766. The van der Waals surface area contributed by atoms with Gasteiger partial charge in [0.1, 0.15) is 24.1 Å². The Morgan fingerprint density at radius 1 is 1.15 bits per heavy atom. The maximum Gasteiger partial charge on any atom is 0.387 e. The van der Waals surface area contributed by atoms with Crippen molar-refractivity contribution in [3.05, 3.63) is 56.5 Å². The molecule has 2 rings (SSSR count). The molecule has 0 aliphatic rings. The van der Waals surface area contributed by atoms with Gasteiger partial charge in [-0.15, -0.1) is 0 Å². The SMILES string of the molecule is NC(Cc1cc(Br)c(OCc2cccc(OC(F)F)c2)c(Br)c1)C(=O)O. The fraction of sp³-hybridized carbons (Fsp3) is 0.235. The molecule has 26 heavy (non-hydrogen) atoms. The second-order valence-corrected chi connectivity index (χ2v) is 7.06. The second kappa shape index (κ2) is 9.29. The average molecular weight is 495 g/mol. The minimum atomic E-state index is -2.89. The first-order valence-corrected chi connectivity index (χ1v) is 8.97. The summed E-state index contributed by atoms with van der Waals surface area (Å²) in [6, 6.07) is 8.66. The molecule has 9 heteroatoms. The quantitative estimate of drug-likeness (QED) is 0.570. The van der Waals surface area contributed by atoms with Crippen molar-refractivity contribution in [3.8, 4) is 11.5 Å². The molecule has 0 aliphatic heterocycles. The molecule has 0 saturated heterocycles. The zero-order chi connectivity index (χ0) is 19.3. The summed E-state index contributed by atoms with van der Waals surface area (Å²) in [6.07, 6.45) is 0.166. The van der Waals surface area contributed by atoms with Crippen molar-refractivity contribution in [3.63, 3.8) is 0 Å². The van der Waals surface area contributed by atoms with Crippen LogP contribution in [-0.2, 0) is 17.8 Å². The Morgan fingerprint density at radius 3 is 2.38 bits per heavy atom. The largest absolute Gasteiger partial charge is 0.487 e. The van der Waals surface area contributed by atoms with Crippen LogP contribution in [0.5, 0.6) is 11.5 Å². The van der Waals surface area contributed by atoms with Crippen LogP contribution >= 0.6 is 31.9 Å². The van der Waals surface area contributed by atoms with E-state index in [9.17, 15) is 13.6 Å². The van der Waals surface area contributed by atoms with Crippen LogP contribution in [0, 0.1) is 0 Å². The van der Waals surface area contributed by atoms with E-state index in [2.05, 4.69) is 36.6 Å². The summed E-state index contributed by atoms with van der Waals surface area (Å²) in [5.41, 5.74) is 6.92. The molecule has 0 aromatic heterocycles. The van der Waals surface area contributed by atoms with E-state index in [1.807, 2.05) is 0 Å². The molecule has 0 aliphatic carbocycles. The van der Waals surface area contributed by atoms with Crippen molar-refractivity contribution < 1.29 is 28.2 Å². The molecule has 1 atom stereocenters. The summed E-state index contributed by atoms with van der Waals surface area (Å²) in [4.78, 5) is 10.9. The summed E-state index contributed by atoms with van der Waals surface area (Å²) in [7, 11) is 0. The van der Waals surface area contributed by atoms with Crippen molar-refractivity contribution in [2.45, 2.75) is 25.7 Å². The summed E-state index contributed by atoms with van der Waals surface area (Å²) in [5, 5.41) is 8.89. The molecule has 3 N–H and O–H groups in total. The maximum absolute atomic E-state index is 12.3. The third-order valence-electron chi connectivity index (χ3n) is 3.34. The van der Waals surface area contributed by atoms with Crippen molar-refractivity contribution in [2.24, 2.45) is 5.73 Å². The molecule has 0 bridgehead atoms. The fourth-order valence-electron chi connectivity index (χ4n) is 2.18. The van der Waals surface area contributed by atoms with E-state index in [0.29, 0.717) is 20.3 Å². The van der Waals surface area contributed by atoms with Crippen LogP contribution in [0.3, 0.4) is 0 Å². The molecule has 2 aromatic carbocycles. The van der Waals surface area contributed by atoms with Gasteiger partial charge in [-0.1, -0.05) is 12.1 Å². The van der Waals surface area contributed by atoms with Crippen molar-refractivity contribution in [2.75, 3.05) is 0 Å². The topological polar surface area (TPSA) is 81.8 Å². The lowest BCUT2D eigenvalue weighted by Gasteiger charge is -2.14. The predicted molar refractivity (Wildman–Crippen MR) is 98.6 cm³/mol. The van der Waals surface area contributed by atoms with Crippen LogP contribution in [0.2, 0.25) is 0 Å². The van der Waals surface area contributed by atoms with E-state index in [1.165, 1.54) is 12.1 Å². The first-order chi connectivity index (χ1) is 12.3. The van der Waals surface area contributed by atoms with E-state index < -0.39 is 18.6 Å². The lowest BCUT2D eigenvalue weighted by atomic mass is 10.1. The molecule has 2 aromatic rings. The molecule has 1 unspecified atom stereocenters. The predicted octanol–water partition coefficient (Wildman–Crippen LogP) is 4.35. The standard InChI is InChI=1S/C17H15Br2F2NO4/c18-12-5-10(7-14(22)16(23)24)6-13(19)15(12)25-8-9-2-1-3-11(4-9)26-17(20)21/h1-6,14,17H,7-8,22H2,(H,23,24). The number of halogens is 4. The number of carbonyl (C=O) groups is 1. The number of ether oxygens (including phenoxy) is 2. The third kappa shape index (κ3) is 5.93. The van der Waals surface area contributed by atoms with Crippen LogP contribution in [0.15, 0.2) is 45.3 Å². The van der Waals surface area contributed by atoms with Gasteiger partial charge in [0.2, 0.25) is 0 Å². The minimum absolute atomic E-state index is 0.0530. The summed E-state index contributed by atoms with van der Waals surface area (Å²) >= 11 is 6.76. The Labute approximate surface area is 165 Å². The molecule has 0 spiro atoms. The maximum atomic E-state index is 12.3. The van der Waals surface area contributed by atoms with Crippen molar-refractivity contribution in [1.29, 1.82) is 0 Å². The molecular weight excluding hydrogens is 480 g/mol. The highest BCUT2D eigenvalue weighted by atomic mass is 79.9. The molecule has 0 heterocycles. The second-order valence-electron chi connectivity index (χ2n) is 5.35. The Morgan fingerprint density at radius 2 is 1.81 bits per heavy atom. The number of alkyl halides is 2. The molecule has 0 saturated carbocycles. The van der Waals surface area contributed by atoms with Crippen LogP contribution in [0.1, 0.15) is 11.1 Å². The lowest BCUT2D eigenvalue weighted by Crippen LogP contribution is -2.32. The molecule has 5 nitrogen and oxygen atoms in total. The van der Waals surface area contributed by atoms with Crippen molar-refractivity contribution in [1.82, 2.24) is 0 Å². The smallest absolute Gasteiger partial charge is 0.387 e. The van der Waals surface area contributed by atoms with Gasteiger partial charge in [0.15, 0.2) is 0 Å². The first-order valence-electron chi connectivity index (χ1n) is 7.39. The van der Waals surface area contributed by atoms with Crippen LogP contribution in [-0.4, -0.2) is 23.7 Å². The van der Waals surface area contributed by atoms with E-state index >= 15 is 0 Å². The first kappa shape index (κ1) is 20.6. The zero-order valence-electron chi connectivity index (χ0n) is 13.3. The van der Waals surface area contributed by atoms with Gasteiger partial charge in [-0.2, -0.15) is 8.78 Å². The van der Waals surface area contributed by atoms with Gasteiger partial charge in [-0.3, -0.25) is 4.79 Å². The molecule has 0 fully saturated rings. The number of rotatable bonds is 8. The number of carboxylic acids is 1. The van der Waals surface area contributed by atoms with Gasteiger partial charge in [0.25, 0.3) is 0 Å². The van der Waals surface area contributed by atoms with E-state index in [4.69, 9.17) is 15.6 Å². The molecular formula is C17H15Br2F2NO4. The third-order valence-corrected chi connectivity index (χ3v) is 4.52. The monoisotopic (exact) mass is 493 g/mol. The highest BCUT2D eigenvalue weighted by Gasteiger charge is 2.15. The van der Waals surface area contributed by atoms with Gasteiger partial charge in [-0.05, 0) is 73.7 Å². The number of hydrogen-bond acceptors (Lipinski definition) is 4. The number of benzene rings is 2. The Balaban J connectivity index is 2.09. The number of hydrogen-bond donors (Lipinski definition) is 2. The highest BCUT2D eigenvalue weighted by Crippen LogP contribution is 2.35. The van der Waals surface area contributed by atoms with Crippen LogP contribution < -0.4 is 15.2 Å². The normalized spacial score (nSPS) is 12.1. The van der Waals surface area contributed by atoms with E-state index in [1.54, 1.807) is 24.3 Å². The van der Waals surface area contributed by atoms with Crippen LogP contribution in [0.25, 0.3) is 0 Å². The van der Waals surface area contributed by atoms with E-state index in [0.717, 1.165) is 5.56 Å². The average Bonchev–Trinajstić information content (AvgIpc) is 2.53. The lowest BCUT2D eigenvalue weighted by molar-refractivity contribution is -0.138. The number of nitrogens with two attached hydrogens (primary N) is 1. The molecule has 0 amide bonds. The summed E-state index contributed by atoms with van der Waals surface area (Å²) in [6.45, 7) is -2.76. The fourth-order valence-corrected chi connectivity index (χ4v) is 3.69. The minimum Gasteiger partial charge on any atom is -0.487 e. The van der Waals surface area contributed by atoms with Gasteiger partial charge in [0.05, 0.1) is 8.95 Å². The number of carboxylic acid groups (broad SMARTS) is 1. The van der Waals surface area contributed by atoms with Gasteiger partial charge < -0.3 is 20.3 Å². The number of aliphatic carboxylic acids is 1. The zero-order valence-corrected chi connectivity index (χ0v) is 16.5. The van der Waals surface area contributed by atoms with E-state index in [-0.39, 0.29) is 18.8 Å². The Kier molecular flexibility index (Phi) is 7.36. The summed E-state index contributed by atoms with van der Waals surface area (Å²) < 4.78 is 35.9. The van der Waals surface area contributed by atoms with Crippen molar-refractivity contribution >= 4 is 37.8 Å². The van der Waals surface area contributed by atoms with Gasteiger partial charge in [0, 0.05) is 0 Å². The molecule has 0 radical (unpaired) electrons. The highest BCUT2D eigenvalue weighted by molar-refractivity contribution is 9.11. The van der Waals surface area contributed by atoms with Gasteiger partial charge in [-0.25, -0.2) is 0 Å². The Hall–Kier alpha value is -1.71. The van der Waals surface area contributed by atoms with Crippen LogP contribution in [0.4, 0.5) is 8.78 Å².